The number of amides is 1. The maximum Gasteiger partial charge on any atom is 0.410 e. The first kappa shape index (κ1) is 19.7. The molecule has 2 heterocycles. The minimum Gasteiger partial charge on any atom is -0.461 e. The van der Waals surface area contributed by atoms with Crippen molar-refractivity contribution in [1.82, 2.24) is 14.0 Å². The lowest BCUT2D eigenvalue weighted by Crippen LogP contribution is -2.43. The van der Waals surface area contributed by atoms with Crippen molar-refractivity contribution in [2.24, 2.45) is 0 Å². The van der Waals surface area contributed by atoms with E-state index in [2.05, 4.69) is 0 Å². The molecule has 0 aliphatic carbocycles. The molecule has 2 aromatic rings. The van der Waals surface area contributed by atoms with Gasteiger partial charge in [0.1, 0.15) is 5.60 Å². The summed E-state index contributed by atoms with van der Waals surface area (Å²) in [5.41, 5.74) is 0.207. The number of esters is 1. The predicted octanol–water partition coefficient (Wildman–Crippen LogP) is 2.57. The maximum absolute atomic E-state index is 13.0. The Kier molecular flexibility index (Phi) is 5.31. The number of carbonyl (C=O) groups is 2. The van der Waals surface area contributed by atoms with Crippen LogP contribution in [0.25, 0.3) is 5.69 Å². The summed E-state index contributed by atoms with van der Waals surface area (Å²) in [5.74, 6) is -0.594. The van der Waals surface area contributed by atoms with E-state index in [-0.39, 0.29) is 31.1 Å². The zero-order valence-corrected chi connectivity index (χ0v) is 16.6. The molecule has 0 saturated heterocycles. The first-order valence-corrected chi connectivity index (χ1v) is 9.28. The van der Waals surface area contributed by atoms with Gasteiger partial charge in [-0.05, 0) is 39.8 Å². The number of carbonyl (C=O) groups excluding carboxylic acids is 2. The second-order valence-corrected chi connectivity index (χ2v) is 7.52. The number of fused-ring (bicyclic) bond motifs is 1. The lowest BCUT2D eigenvalue weighted by Gasteiger charge is -2.30. The Balaban J connectivity index is 2.07. The molecule has 0 spiro atoms. The summed E-state index contributed by atoms with van der Waals surface area (Å²) in [4.78, 5) is 39.7. The molecule has 0 fully saturated rings. The number of nitrogens with zero attached hydrogens (tertiary/aromatic N) is 3. The van der Waals surface area contributed by atoms with Gasteiger partial charge in [0.25, 0.3) is 0 Å². The molecule has 0 N–H and O–H groups in total. The van der Waals surface area contributed by atoms with Crippen LogP contribution >= 0.6 is 0 Å². The normalized spacial score (nSPS) is 13.8. The van der Waals surface area contributed by atoms with Crippen LogP contribution in [-0.4, -0.2) is 44.8 Å². The molecule has 1 aliphatic rings. The number of rotatable bonds is 3. The lowest BCUT2D eigenvalue weighted by atomic mass is 10.2. The van der Waals surface area contributed by atoms with E-state index >= 15 is 0 Å². The topological polar surface area (TPSA) is 82.8 Å². The van der Waals surface area contributed by atoms with Gasteiger partial charge in [-0.25, -0.2) is 14.4 Å². The summed E-state index contributed by atoms with van der Waals surface area (Å²) in [5, 5.41) is 0. The average Bonchev–Trinajstić information content (AvgIpc) is 2.93. The molecule has 0 atom stereocenters. The van der Waals surface area contributed by atoms with Gasteiger partial charge >= 0.3 is 17.8 Å². The lowest BCUT2D eigenvalue weighted by molar-refractivity contribution is 0.0193. The number of ether oxygens (including phenoxy) is 2. The van der Waals surface area contributed by atoms with Crippen LogP contribution in [0.3, 0.4) is 0 Å². The van der Waals surface area contributed by atoms with Crippen LogP contribution in [0.5, 0.6) is 0 Å². The number of para-hydroxylation sites is 1. The Hall–Kier alpha value is -3.03. The van der Waals surface area contributed by atoms with E-state index in [1.54, 1.807) is 52.0 Å². The van der Waals surface area contributed by atoms with Gasteiger partial charge in [0.15, 0.2) is 5.69 Å². The van der Waals surface area contributed by atoms with Crippen molar-refractivity contribution in [3.05, 3.63) is 52.2 Å². The highest BCUT2D eigenvalue weighted by molar-refractivity contribution is 5.90. The van der Waals surface area contributed by atoms with Crippen molar-refractivity contribution in [3.8, 4) is 5.69 Å². The van der Waals surface area contributed by atoms with E-state index in [9.17, 15) is 14.4 Å². The Morgan fingerprint density at radius 2 is 1.79 bits per heavy atom. The van der Waals surface area contributed by atoms with Gasteiger partial charge < -0.3 is 14.4 Å². The van der Waals surface area contributed by atoms with E-state index in [1.807, 2.05) is 6.07 Å². The predicted molar refractivity (Wildman–Crippen MR) is 103 cm³/mol. The first-order chi connectivity index (χ1) is 13.2. The molecule has 150 valence electrons. The fourth-order valence-electron chi connectivity index (χ4n) is 3.17. The Bertz CT molecular complexity index is 937. The SMILES string of the molecule is CCOC(=O)c1c2n(c(=O)n1-c1ccccc1)CCN(C(=O)OC(C)(C)C)C2. The standard InChI is InChI=1S/C20H25N3O5/c1-5-27-17(24)16-15-13-21(19(26)28-20(2,3)4)11-12-22(15)18(25)23(16)14-9-7-6-8-10-14/h6-10H,5,11-13H2,1-4H3. The quantitative estimate of drug-likeness (QED) is 0.756. The van der Waals surface area contributed by atoms with E-state index in [1.165, 1.54) is 14.0 Å². The molecule has 8 nitrogen and oxygen atoms in total. The summed E-state index contributed by atoms with van der Waals surface area (Å²) >= 11 is 0. The molecule has 0 bridgehead atoms. The van der Waals surface area contributed by atoms with E-state index < -0.39 is 17.7 Å². The summed E-state index contributed by atoms with van der Waals surface area (Å²) < 4.78 is 13.5. The smallest absolute Gasteiger partial charge is 0.410 e. The molecule has 0 unspecified atom stereocenters. The largest absolute Gasteiger partial charge is 0.461 e. The molecule has 1 aliphatic heterocycles. The van der Waals surface area contributed by atoms with E-state index in [0.29, 0.717) is 17.9 Å². The zero-order chi connectivity index (χ0) is 20.5. The highest BCUT2D eigenvalue weighted by Crippen LogP contribution is 2.22. The van der Waals surface area contributed by atoms with Crippen molar-refractivity contribution in [2.45, 2.75) is 46.4 Å². The second kappa shape index (κ2) is 7.53. The molecular weight excluding hydrogens is 362 g/mol. The third kappa shape index (κ3) is 3.81. The van der Waals surface area contributed by atoms with Crippen LogP contribution in [0, 0.1) is 0 Å². The number of imidazole rings is 1. The summed E-state index contributed by atoms with van der Waals surface area (Å²) in [6.07, 6.45) is -0.478. The Morgan fingerprint density at radius 1 is 1.11 bits per heavy atom. The zero-order valence-electron chi connectivity index (χ0n) is 16.6. The molecule has 8 heteroatoms. The van der Waals surface area contributed by atoms with E-state index in [4.69, 9.17) is 9.47 Å². The van der Waals surface area contributed by atoms with Gasteiger partial charge in [0.2, 0.25) is 0 Å². The molecule has 0 saturated carbocycles. The third-order valence-corrected chi connectivity index (χ3v) is 4.31. The van der Waals surface area contributed by atoms with Crippen molar-refractivity contribution in [1.29, 1.82) is 0 Å². The van der Waals surface area contributed by atoms with Crippen LogP contribution in [-0.2, 0) is 22.6 Å². The minimum absolute atomic E-state index is 0.0954. The average molecular weight is 387 g/mol. The van der Waals surface area contributed by atoms with Gasteiger partial charge in [-0.1, -0.05) is 18.2 Å². The number of hydrogen-bond donors (Lipinski definition) is 0. The molecule has 28 heavy (non-hydrogen) atoms. The molecule has 1 aromatic heterocycles. The summed E-state index contributed by atoms with van der Waals surface area (Å²) in [7, 11) is 0. The van der Waals surface area contributed by atoms with Gasteiger partial charge in [-0.3, -0.25) is 9.13 Å². The maximum atomic E-state index is 13.0. The highest BCUT2D eigenvalue weighted by Gasteiger charge is 2.33. The first-order valence-electron chi connectivity index (χ1n) is 9.28. The third-order valence-electron chi connectivity index (χ3n) is 4.31. The Morgan fingerprint density at radius 3 is 2.39 bits per heavy atom. The fraction of sp³-hybridized carbons (Fsp3) is 0.450. The molecule has 1 amide bonds. The fourth-order valence-corrected chi connectivity index (χ4v) is 3.17. The number of aromatic nitrogens is 2. The van der Waals surface area contributed by atoms with Crippen molar-refractivity contribution >= 4 is 12.1 Å². The van der Waals surface area contributed by atoms with E-state index in [0.717, 1.165) is 0 Å². The minimum atomic E-state index is -0.631. The Labute approximate surface area is 163 Å². The second-order valence-electron chi connectivity index (χ2n) is 7.52. The molecule has 0 radical (unpaired) electrons. The van der Waals surface area contributed by atoms with Crippen LogP contribution < -0.4 is 5.69 Å². The molecular formula is C20H25N3O5. The monoisotopic (exact) mass is 387 g/mol. The summed E-state index contributed by atoms with van der Waals surface area (Å²) in [6.45, 7) is 7.96. The van der Waals surface area contributed by atoms with Crippen molar-refractivity contribution in [2.75, 3.05) is 13.2 Å². The molecule has 3 rings (SSSR count). The van der Waals surface area contributed by atoms with Gasteiger partial charge in [0.05, 0.1) is 24.5 Å². The van der Waals surface area contributed by atoms with Crippen LogP contribution in [0.2, 0.25) is 0 Å². The molecule has 1 aromatic carbocycles. The van der Waals surface area contributed by atoms with Gasteiger partial charge in [0, 0.05) is 13.1 Å². The summed E-state index contributed by atoms with van der Waals surface area (Å²) in [6, 6.07) is 8.92. The van der Waals surface area contributed by atoms with Crippen molar-refractivity contribution in [3.63, 3.8) is 0 Å². The van der Waals surface area contributed by atoms with Crippen LogP contribution in [0.1, 0.15) is 43.9 Å². The van der Waals surface area contributed by atoms with Crippen LogP contribution in [0.15, 0.2) is 35.1 Å². The van der Waals surface area contributed by atoms with Crippen LogP contribution in [0.4, 0.5) is 4.79 Å². The number of benzene rings is 1. The highest BCUT2D eigenvalue weighted by atomic mass is 16.6. The van der Waals surface area contributed by atoms with Gasteiger partial charge in [-0.2, -0.15) is 0 Å². The van der Waals surface area contributed by atoms with Crippen molar-refractivity contribution < 1.29 is 19.1 Å². The number of hydrogen-bond acceptors (Lipinski definition) is 5. The van der Waals surface area contributed by atoms with Gasteiger partial charge in [-0.15, -0.1) is 0 Å².